The van der Waals surface area contributed by atoms with Crippen LogP contribution in [0.4, 0.5) is 10.1 Å². The van der Waals surface area contributed by atoms with Crippen molar-refractivity contribution in [3.8, 4) is 5.75 Å². The molecule has 1 aliphatic rings. The summed E-state index contributed by atoms with van der Waals surface area (Å²) in [6.07, 6.45) is 0. The summed E-state index contributed by atoms with van der Waals surface area (Å²) < 4.78 is 18.5. The molecule has 1 heterocycles. The summed E-state index contributed by atoms with van der Waals surface area (Å²) in [4.78, 5) is 0. The molecular weight excluding hydrogens is 217 g/mol. The second-order valence-electron chi connectivity index (χ2n) is 4.06. The van der Waals surface area contributed by atoms with E-state index in [4.69, 9.17) is 4.74 Å². The third-order valence-corrected chi connectivity index (χ3v) is 2.89. The maximum absolute atomic E-state index is 12.8. The van der Waals surface area contributed by atoms with Crippen LogP contribution < -0.4 is 10.1 Å². The lowest BCUT2D eigenvalue weighted by molar-refractivity contribution is 0.286. The number of rotatable bonds is 1. The fourth-order valence-electron chi connectivity index (χ4n) is 1.99. The SMILES string of the molecule is Fc1ccc([C@@H]2COc3ccccc3N2)cc1. The van der Waals surface area contributed by atoms with Crippen molar-refractivity contribution in [3.63, 3.8) is 0 Å². The van der Waals surface area contributed by atoms with Crippen molar-refractivity contribution in [2.45, 2.75) is 6.04 Å². The van der Waals surface area contributed by atoms with E-state index in [2.05, 4.69) is 5.32 Å². The van der Waals surface area contributed by atoms with Gasteiger partial charge in [0.05, 0.1) is 11.7 Å². The van der Waals surface area contributed by atoms with Crippen molar-refractivity contribution in [1.29, 1.82) is 0 Å². The Morgan fingerprint density at radius 3 is 2.65 bits per heavy atom. The van der Waals surface area contributed by atoms with E-state index in [-0.39, 0.29) is 11.9 Å². The standard InChI is InChI=1S/C14H12FNO/c15-11-7-5-10(6-8-11)13-9-17-14-4-2-1-3-12(14)16-13/h1-8,13,16H,9H2/t13-/m0/s1. The predicted molar refractivity (Wildman–Crippen MR) is 64.7 cm³/mol. The van der Waals surface area contributed by atoms with Crippen LogP contribution in [0, 0.1) is 5.82 Å². The quantitative estimate of drug-likeness (QED) is 0.809. The highest BCUT2D eigenvalue weighted by Crippen LogP contribution is 2.33. The smallest absolute Gasteiger partial charge is 0.142 e. The van der Waals surface area contributed by atoms with Gasteiger partial charge in [-0.1, -0.05) is 24.3 Å². The maximum Gasteiger partial charge on any atom is 0.142 e. The molecule has 17 heavy (non-hydrogen) atoms. The van der Waals surface area contributed by atoms with Crippen LogP contribution >= 0.6 is 0 Å². The van der Waals surface area contributed by atoms with E-state index in [0.717, 1.165) is 17.0 Å². The summed E-state index contributed by atoms with van der Waals surface area (Å²) in [6, 6.07) is 14.4. The first-order chi connectivity index (χ1) is 8.33. The molecule has 2 aromatic rings. The second-order valence-corrected chi connectivity index (χ2v) is 4.06. The number of hydrogen-bond donors (Lipinski definition) is 1. The number of ether oxygens (including phenoxy) is 1. The zero-order valence-electron chi connectivity index (χ0n) is 9.19. The summed E-state index contributed by atoms with van der Waals surface area (Å²) in [7, 11) is 0. The van der Waals surface area contributed by atoms with Crippen LogP contribution in [0.25, 0.3) is 0 Å². The Morgan fingerprint density at radius 2 is 1.82 bits per heavy atom. The van der Waals surface area contributed by atoms with E-state index in [1.165, 1.54) is 12.1 Å². The molecule has 2 nitrogen and oxygen atoms in total. The van der Waals surface area contributed by atoms with Gasteiger partial charge in [-0.15, -0.1) is 0 Å². The molecule has 0 saturated heterocycles. The molecule has 0 radical (unpaired) electrons. The van der Waals surface area contributed by atoms with Gasteiger partial charge in [0.1, 0.15) is 18.2 Å². The fraction of sp³-hybridized carbons (Fsp3) is 0.143. The van der Waals surface area contributed by atoms with Crippen LogP contribution in [0.2, 0.25) is 0 Å². The van der Waals surface area contributed by atoms with Crippen molar-refractivity contribution < 1.29 is 9.13 Å². The van der Waals surface area contributed by atoms with Crippen molar-refractivity contribution in [2.24, 2.45) is 0 Å². The van der Waals surface area contributed by atoms with Crippen LogP contribution in [0.1, 0.15) is 11.6 Å². The largest absolute Gasteiger partial charge is 0.489 e. The van der Waals surface area contributed by atoms with Gasteiger partial charge < -0.3 is 10.1 Å². The summed E-state index contributed by atoms with van der Waals surface area (Å²) in [6.45, 7) is 0.558. The molecule has 2 aromatic carbocycles. The molecular formula is C14H12FNO. The van der Waals surface area contributed by atoms with Crippen LogP contribution in [-0.4, -0.2) is 6.61 Å². The number of para-hydroxylation sites is 2. The van der Waals surface area contributed by atoms with E-state index >= 15 is 0 Å². The molecule has 3 heteroatoms. The van der Waals surface area contributed by atoms with Crippen LogP contribution in [-0.2, 0) is 0 Å². The second kappa shape index (κ2) is 4.09. The molecule has 1 N–H and O–H groups in total. The zero-order chi connectivity index (χ0) is 11.7. The van der Waals surface area contributed by atoms with Gasteiger partial charge in [0, 0.05) is 0 Å². The molecule has 0 aliphatic carbocycles. The average Bonchev–Trinajstić information content (AvgIpc) is 2.39. The van der Waals surface area contributed by atoms with Crippen LogP contribution in [0.5, 0.6) is 5.75 Å². The Hall–Kier alpha value is -2.03. The minimum Gasteiger partial charge on any atom is -0.489 e. The highest BCUT2D eigenvalue weighted by atomic mass is 19.1. The molecule has 0 spiro atoms. The average molecular weight is 229 g/mol. The third-order valence-electron chi connectivity index (χ3n) is 2.89. The first-order valence-corrected chi connectivity index (χ1v) is 5.57. The van der Waals surface area contributed by atoms with E-state index < -0.39 is 0 Å². The molecule has 0 bridgehead atoms. The molecule has 1 aliphatic heterocycles. The van der Waals surface area contributed by atoms with Gasteiger partial charge in [-0.2, -0.15) is 0 Å². The Morgan fingerprint density at radius 1 is 1.06 bits per heavy atom. The number of anilines is 1. The number of halogens is 1. The third kappa shape index (κ3) is 1.96. The molecule has 3 rings (SSSR count). The molecule has 0 saturated carbocycles. The number of fused-ring (bicyclic) bond motifs is 1. The molecule has 0 unspecified atom stereocenters. The number of benzene rings is 2. The van der Waals surface area contributed by atoms with Crippen molar-refractivity contribution in [2.75, 3.05) is 11.9 Å². The fourth-order valence-corrected chi connectivity index (χ4v) is 1.99. The van der Waals surface area contributed by atoms with Gasteiger partial charge >= 0.3 is 0 Å². The first kappa shape index (κ1) is 10.1. The van der Waals surface area contributed by atoms with E-state index in [1.54, 1.807) is 12.1 Å². The monoisotopic (exact) mass is 229 g/mol. The normalized spacial score (nSPS) is 17.8. The first-order valence-electron chi connectivity index (χ1n) is 5.57. The van der Waals surface area contributed by atoms with Gasteiger partial charge in [-0.3, -0.25) is 0 Å². The highest BCUT2D eigenvalue weighted by molar-refractivity contribution is 5.59. The molecule has 86 valence electrons. The lowest BCUT2D eigenvalue weighted by Gasteiger charge is -2.27. The van der Waals surface area contributed by atoms with E-state index in [9.17, 15) is 4.39 Å². The van der Waals surface area contributed by atoms with E-state index in [0.29, 0.717) is 6.61 Å². The lowest BCUT2D eigenvalue weighted by atomic mass is 10.1. The Balaban J connectivity index is 1.86. The van der Waals surface area contributed by atoms with Gasteiger partial charge in [0.2, 0.25) is 0 Å². The van der Waals surface area contributed by atoms with Crippen molar-refractivity contribution >= 4 is 5.69 Å². The summed E-state index contributed by atoms with van der Waals surface area (Å²) in [5.74, 6) is 0.650. The topological polar surface area (TPSA) is 21.3 Å². The lowest BCUT2D eigenvalue weighted by Crippen LogP contribution is -2.23. The minimum atomic E-state index is -0.217. The van der Waals surface area contributed by atoms with Crippen molar-refractivity contribution in [1.82, 2.24) is 0 Å². The Labute approximate surface area is 99.0 Å². The zero-order valence-corrected chi connectivity index (χ0v) is 9.19. The van der Waals surface area contributed by atoms with E-state index in [1.807, 2.05) is 24.3 Å². The predicted octanol–water partition coefficient (Wildman–Crippen LogP) is 3.37. The number of hydrogen-bond acceptors (Lipinski definition) is 2. The molecule has 0 amide bonds. The van der Waals surface area contributed by atoms with Gasteiger partial charge in [0.15, 0.2) is 0 Å². The van der Waals surface area contributed by atoms with Gasteiger partial charge in [-0.05, 0) is 29.8 Å². The van der Waals surface area contributed by atoms with Gasteiger partial charge in [-0.25, -0.2) is 4.39 Å². The van der Waals surface area contributed by atoms with Crippen LogP contribution in [0.3, 0.4) is 0 Å². The highest BCUT2D eigenvalue weighted by Gasteiger charge is 2.19. The van der Waals surface area contributed by atoms with Gasteiger partial charge in [0.25, 0.3) is 0 Å². The molecule has 0 aromatic heterocycles. The molecule has 1 atom stereocenters. The summed E-state index contributed by atoms with van der Waals surface area (Å²) in [5.41, 5.74) is 2.01. The summed E-state index contributed by atoms with van der Waals surface area (Å²) >= 11 is 0. The molecule has 0 fully saturated rings. The summed E-state index contributed by atoms with van der Waals surface area (Å²) in [5, 5.41) is 3.39. The Bertz CT molecular complexity index is 524. The van der Waals surface area contributed by atoms with Crippen LogP contribution in [0.15, 0.2) is 48.5 Å². The minimum absolute atomic E-state index is 0.0745. The van der Waals surface area contributed by atoms with Crippen molar-refractivity contribution in [3.05, 3.63) is 59.9 Å². The Kier molecular flexibility index (Phi) is 2.44. The maximum atomic E-state index is 12.8. The number of nitrogens with one attached hydrogen (secondary N) is 1.